The first-order valence-electron chi connectivity index (χ1n) is 13.2. The highest BCUT2D eigenvalue weighted by atomic mass is 16.5. The number of rotatable bonds is 15. The van der Waals surface area contributed by atoms with Gasteiger partial charge in [-0.05, 0) is 79.6 Å². The van der Waals surface area contributed by atoms with Crippen LogP contribution in [0.1, 0.15) is 83.4 Å². The third-order valence-electron chi connectivity index (χ3n) is 5.81. The Balaban J connectivity index is 1.61. The molecule has 0 amide bonds. The predicted molar refractivity (Wildman–Crippen MR) is 146 cm³/mol. The molecule has 0 aliphatic carbocycles. The predicted octanol–water partition coefficient (Wildman–Crippen LogP) is 6.96. The molecule has 0 heterocycles. The lowest BCUT2D eigenvalue weighted by Crippen LogP contribution is -2.13. The number of carbonyl (C=O) groups excluding carboxylic acids is 2. The van der Waals surface area contributed by atoms with Crippen LogP contribution in [0.15, 0.2) is 66.7 Å². The third-order valence-corrected chi connectivity index (χ3v) is 5.81. The summed E-state index contributed by atoms with van der Waals surface area (Å²) in [5.74, 6) is -1.61. The van der Waals surface area contributed by atoms with Gasteiger partial charge in [0, 0.05) is 0 Å². The van der Waals surface area contributed by atoms with Crippen molar-refractivity contribution in [3.63, 3.8) is 0 Å². The van der Waals surface area contributed by atoms with Crippen molar-refractivity contribution in [1.29, 1.82) is 0 Å². The molecule has 1 N–H and O–H groups in total. The molecule has 3 rings (SSSR count). The number of esters is 2. The van der Waals surface area contributed by atoms with Crippen LogP contribution in [0.25, 0.3) is 0 Å². The molecule has 39 heavy (non-hydrogen) atoms. The molecule has 3 aromatic carbocycles. The highest BCUT2D eigenvalue weighted by Crippen LogP contribution is 2.27. The Labute approximate surface area is 228 Å². The maximum atomic E-state index is 12.6. The summed E-state index contributed by atoms with van der Waals surface area (Å²) in [6.45, 7) is 5.42. The first-order valence-corrected chi connectivity index (χ1v) is 13.2. The zero-order valence-corrected chi connectivity index (χ0v) is 22.3. The van der Waals surface area contributed by atoms with Gasteiger partial charge in [0.15, 0.2) is 0 Å². The number of benzene rings is 3. The molecule has 0 bridgehead atoms. The van der Waals surface area contributed by atoms with Crippen LogP contribution in [0, 0.1) is 0 Å². The molecule has 0 fully saturated rings. The van der Waals surface area contributed by atoms with Crippen molar-refractivity contribution < 1.29 is 38.4 Å². The maximum absolute atomic E-state index is 12.6. The van der Waals surface area contributed by atoms with Crippen molar-refractivity contribution in [1.82, 2.24) is 0 Å². The Morgan fingerprint density at radius 2 is 1.08 bits per heavy atom. The largest absolute Gasteiger partial charge is 0.494 e. The van der Waals surface area contributed by atoms with E-state index in [0.717, 1.165) is 44.6 Å². The summed E-state index contributed by atoms with van der Waals surface area (Å²) in [4.78, 5) is 37.0. The van der Waals surface area contributed by atoms with E-state index < -0.39 is 17.9 Å². The molecule has 8 nitrogen and oxygen atoms in total. The zero-order chi connectivity index (χ0) is 28.0. The van der Waals surface area contributed by atoms with E-state index in [1.54, 1.807) is 48.5 Å². The van der Waals surface area contributed by atoms with Gasteiger partial charge in [0.1, 0.15) is 28.6 Å². The van der Waals surface area contributed by atoms with Gasteiger partial charge in [0.2, 0.25) is 0 Å². The standard InChI is InChI=1S/C31H34O8/c1-3-5-7-19-36-24-13-9-22(10-14-24)30(34)38-26-17-18-28(27(21-26)29(32)33)39-31(35)23-11-15-25(16-12-23)37-20-8-6-4-2/h9-18,21H,3-8,19-20H2,1-2H3,(H,32,33). The quantitative estimate of drug-likeness (QED) is 0.127. The fourth-order valence-electron chi connectivity index (χ4n) is 3.61. The molecule has 0 radical (unpaired) electrons. The van der Waals surface area contributed by atoms with Gasteiger partial charge in [-0.15, -0.1) is 0 Å². The van der Waals surface area contributed by atoms with Gasteiger partial charge < -0.3 is 24.1 Å². The SMILES string of the molecule is CCCCCOc1ccc(C(=O)Oc2ccc(OC(=O)c3ccc(OCCCCC)cc3)c(C(=O)O)c2)cc1. The molecule has 0 aliphatic heterocycles. The van der Waals surface area contributed by atoms with E-state index in [2.05, 4.69) is 13.8 Å². The molecule has 0 atom stereocenters. The molecule has 8 heteroatoms. The first-order chi connectivity index (χ1) is 18.9. The summed E-state index contributed by atoms with van der Waals surface area (Å²) < 4.78 is 22.0. The number of unbranched alkanes of at least 4 members (excludes halogenated alkanes) is 4. The summed E-state index contributed by atoms with van der Waals surface area (Å²) in [5.41, 5.74) is 0.196. The van der Waals surface area contributed by atoms with Gasteiger partial charge in [-0.2, -0.15) is 0 Å². The van der Waals surface area contributed by atoms with Crippen molar-refractivity contribution in [2.75, 3.05) is 13.2 Å². The van der Waals surface area contributed by atoms with E-state index in [9.17, 15) is 19.5 Å². The number of carboxylic acids is 1. The molecule has 3 aromatic rings. The van der Waals surface area contributed by atoms with Crippen molar-refractivity contribution in [3.8, 4) is 23.0 Å². The van der Waals surface area contributed by atoms with Crippen LogP contribution in [0.2, 0.25) is 0 Å². The van der Waals surface area contributed by atoms with Crippen LogP contribution >= 0.6 is 0 Å². The van der Waals surface area contributed by atoms with E-state index in [-0.39, 0.29) is 28.2 Å². The fourth-order valence-corrected chi connectivity index (χ4v) is 3.61. The lowest BCUT2D eigenvalue weighted by atomic mass is 10.1. The molecule has 0 aliphatic rings. The summed E-state index contributed by atoms with van der Waals surface area (Å²) >= 11 is 0. The van der Waals surface area contributed by atoms with Gasteiger partial charge >= 0.3 is 17.9 Å². The van der Waals surface area contributed by atoms with Crippen molar-refractivity contribution in [2.24, 2.45) is 0 Å². The lowest BCUT2D eigenvalue weighted by molar-refractivity contribution is 0.0670. The highest BCUT2D eigenvalue weighted by Gasteiger charge is 2.19. The molecule has 0 saturated carbocycles. The minimum absolute atomic E-state index is 0.00154. The third kappa shape index (κ3) is 9.17. The number of hydrogen-bond acceptors (Lipinski definition) is 7. The van der Waals surface area contributed by atoms with Crippen molar-refractivity contribution >= 4 is 17.9 Å². The lowest BCUT2D eigenvalue weighted by Gasteiger charge is -2.11. The Morgan fingerprint density at radius 3 is 1.54 bits per heavy atom. The van der Waals surface area contributed by atoms with Crippen LogP contribution in [0.3, 0.4) is 0 Å². The van der Waals surface area contributed by atoms with E-state index >= 15 is 0 Å². The first kappa shape index (κ1) is 29.2. The summed E-state index contributed by atoms with van der Waals surface area (Å²) in [6, 6.07) is 16.7. The number of carboxylic acid groups (broad SMARTS) is 1. The molecular formula is C31H34O8. The van der Waals surface area contributed by atoms with Crippen LogP contribution in [0.5, 0.6) is 23.0 Å². The smallest absolute Gasteiger partial charge is 0.343 e. The summed E-state index contributed by atoms with van der Waals surface area (Å²) in [5, 5.41) is 9.65. The summed E-state index contributed by atoms with van der Waals surface area (Å²) in [7, 11) is 0. The Kier molecular flexibility index (Phi) is 11.4. The van der Waals surface area contributed by atoms with Gasteiger partial charge in [-0.25, -0.2) is 14.4 Å². The zero-order valence-electron chi connectivity index (χ0n) is 22.3. The van der Waals surface area contributed by atoms with Crippen molar-refractivity contribution in [2.45, 2.75) is 52.4 Å². The van der Waals surface area contributed by atoms with Gasteiger partial charge in [0.05, 0.1) is 24.3 Å². The van der Waals surface area contributed by atoms with Gasteiger partial charge in [-0.3, -0.25) is 0 Å². The second-order valence-electron chi connectivity index (χ2n) is 8.90. The minimum Gasteiger partial charge on any atom is -0.494 e. The maximum Gasteiger partial charge on any atom is 0.343 e. The minimum atomic E-state index is -1.34. The van der Waals surface area contributed by atoms with Gasteiger partial charge in [0.25, 0.3) is 0 Å². The Morgan fingerprint density at radius 1 is 0.615 bits per heavy atom. The topological polar surface area (TPSA) is 108 Å². The number of carbonyl (C=O) groups is 3. The monoisotopic (exact) mass is 534 g/mol. The summed E-state index contributed by atoms with van der Waals surface area (Å²) in [6.07, 6.45) is 6.27. The fraction of sp³-hybridized carbons (Fsp3) is 0.323. The molecule has 206 valence electrons. The van der Waals surface area contributed by atoms with E-state index in [4.69, 9.17) is 18.9 Å². The van der Waals surface area contributed by atoms with Gasteiger partial charge in [-0.1, -0.05) is 39.5 Å². The Bertz CT molecular complexity index is 1230. The average molecular weight is 535 g/mol. The second-order valence-corrected chi connectivity index (χ2v) is 8.90. The normalized spacial score (nSPS) is 10.5. The van der Waals surface area contributed by atoms with Crippen LogP contribution in [0.4, 0.5) is 0 Å². The molecule has 0 unspecified atom stereocenters. The van der Waals surface area contributed by atoms with Crippen LogP contribution < -0.4 is 18.9 Å². The average Bonchev–Trinajstić information content (AvgIpc) is 2.94. The number of aromatic carboxylic acids is 1. The van der Waals surface area contributed by atoms with Crippen LogP contribution in [-0.4, -0.2) is 36.2 Å². The van der Waals surface area contributed by atoms with Crippen molar-refractivity contribution in [3.05, 3.63) is 83.4 Å². The molecular weight excluding hydrogens is 500 g/mol. The number of ether oxygens (including phenoxy) is 4. The van der Waals surface area contributed by atoms with E-state index in [1.165, 1.54) is 12.1 Å². The van der Waals surface area contributed by atoms with E-state index in [0.29, 0.717) is 24.7 Å². The molecule has 0 aromatic heterocycles. The van der Waals surface area contributed by atoms with E-state index in [1.807, 2.05) is 0 Å². The molecule has 0 saturated heterocycles. The second kappa shape index (κ2) is 15.2. The molecule has 0 spiro atoms. The van der Waals surface area contributed by atoms with Crippen LogP contribution in [-0.2, 0) is 0 Å². The Hall–Kier alpha value is -4.33. The number of hydrogen-bond donors (Lipinski definition) is 1. The highest BCUT2D eigenvalue weighted by molar-refractivity contribution is 5.96.